The quantitative estimate of drug-likeness (QED) is 0.719. The molecule has 0 spiro atoms. The number of amides is 2. The van der Waals surface area contributed by atoms with E-state index >= 15 is 0 Å². The number of nitrogens with one attached hydrogen (secondary N) is 1. The molecule has 0 bridgehead atoms. The van der Waals surface area contributed by atoms with Crippen LogP contribution in [-0.4, -0.2) is 54.0 Å². The number of nitrogens with zero attached hydrogens (tertiary/aromatic N) is 1. The molecular weight excluding hydrogens is 260 g/mol. The van der Waals surface area contributed by atoms with Crippen LogP contribution in [0.4, 0.5) is 22.4 Å². The normalized spacial score (nSPS) is 13.3. The first-order valence-corrected chi connectivity index (χ1v) is 5.03. The standard InChI is InChI=1S/C9H14F4N2O3/c1-3-5(6(16)17)15(2)8(18)14-4-9(12,13)7(10)11/h5,7H,3-4H2,1-2H3,(H,14,18)(H,16,17). The number of aliphatic carboxylic acids is 1. The molecule has 2 N–H and O–H groups in total. The highest BCUT2D eigenvalue weighted by molar-refractivity contribution is 5.82. The molecule has 9 heteroatoms. The van der Waals surface area contributed by atoms with Gasteiger partial charge in [0.05, 0.1) is 6.54 Å². The van der Waals surface area contributed by atoms with Crippen molar-refractivity contribution in [2.75, 3.05) is 13.6 Å². The van der Waals surface area contributed by atoms with Gasteiger partial charge < -0.3 is 15.3 Å². The molecule has 0 saturated heterocycles. The smallest absolute Gasteiger partial charge is 0.326 e. The predicted molar refractivity (Wildman–Crippen MR) is 53.8 cm³/mol. The van der Waals surface area contributed by atoms with Crippen LogP contribution in [0.3, 0.4) is 0 Å². The van der Waals surface area contributed by atoms with Crippen LogP contribution in [0.1, 0.15) is 13.3 Å². The van der Waals surface area contributed by atoms with E-state index in [1.165, 1.54) is 6.92 Å². The Balaban J connectivity index is 4.46. The summed E-state index contributed by atoms with van der Waals surface area (Å²) in [6, 6.07) is -2.35. The molecular formula is C9H14F4N2O3. The fraction of sp³-hybridized carbons (Fsp3) is 0.778. The summed E-state index contributed by atoms with van der Waals surface area (Å²) in [6.45, 7) is -0.0692. The Hall–Kier alpha value is -1.54. The van der Waals surface area contributed by atoms with Gasteiger partial charge in [-0.2, -0.15) is 8.78 Å². The molecule has 0 saturated carbocycles. The Bertz CT molecular complexity index is 312. The van der Waals surface area contributed by atoms with E-state index in [1.807, 2.05) is 0 Å². The topological polar surface area (TPSA) is 69.6 Å². The molecule has 18 heavy (non-hydrogen) atoms. The fourth-order valence-corrected chi connectivity index (χ4v) is 1.15. The lowest BCUT2D eigenvalue weighted by Crippen LogP contribution is -2.50. The Morgan fingerprint density at radius 3 is 2.22 bits per heavy atom. The van der Waals surface area contributed by atoms with E-state index in [2.05, 4.69) is 0 Å². The van der Waals surface area contributed by atoms with Gasteiger partial charge in [-0.3, -0.25) is 0 Å². The highest BCUT2D eigenvalue weighted by Crippen LogP contribution is 2.21. The number of carbonyl (C=O) groups is 2. The molecule has 0 fully saturated rings. The van der Waals surface area contributed by atoms with Gasteiger partial charge in [-0.1, -0.05) is 6.92 Å². The van der Waals surface area contributed by atoms with E-state index in [4.69, 9.17) is 5.11 Å². The van der Waals surface area contributed by atoms with Gasteiger partial charge in [0.2, 0.25) is 0 Å². The van der Waals surface area contributed by atoms with Crippen LogP contribution in [0.15, 0.2) is 0 Å². The average Bonchev–Trinajstić information content (AvgIpc) is 2.25. The fourth-order valence-electron chi connectivity index (χ4n) is 1.15. The number of urea groups is 1. The minimum absolute atomic E-state index is 0.0600. The number of hydrogen-bond acceptors (Lipinski definition) is 2. The maximum absolute atomic E-state index is 12.5. The van der Waals surface area contributed by atoms with E-state index in [-0.39, 0.29) is 6.42 Å². The highest BCUT2D eigenvalue weighted by Gasteiger charge is 2.41. The minimum Gasteiger partial charge on any atom is -0.480 e. The van der Waals surface area contributed by atoms with Crippen LogP contribution in [0.2, 0.25) is 0 Å². The average molecular weight is 274 g/mol. The van der Waals surface area contributed by atoms with E-state index in [1.54, 1.807) is 5.32 Å². The zero-order valence-corrected chi connectivity index (χ0v) is 9.79. The third kappa shape index (κ3) is 4.38. The van der Waals surface area contributed by atoms with Crippen molar-refractivity contribution in [1.82, 2.24) is 10.2 Å². The van der Waals surface area contributed by atoms with Crippen molar-refractivity contribution in [2.24, 2.45) is 0 Å². The molecule has 0 aromatic rings. The number of likely N-dealkylation sites (N-methyl/N-ethyl adjacent to an activating group) is 1. The third-order valence-corrected chi connectivity index (χ3v) is 2.25. The summed E-state index contributed by atoms with van der Waals surface area (Å²) < 4.78 is 48.6. The minimum atomic E-state index is -4.35. The van der Waals surface area contributed by atoms with Crippen molar-refractivity contribution < 1.29 is 32.3 Å². The molecule has 106 valence electrons. The molecule has 1 unspecified atom stereocenters. The number of hydrogen-bond donors (Lipinski definition) is 2. The lowest BCUT2D eigenvalue weighted by molar-refractivity contribution is -0.142. The van der Waals surface area contributed by atoms with Crippen LogP contribution in [0, 0.1) is 0 Å². The van der Waals surface area contributed by atoms with E-state index < -0.39 is 36.9 Å². The van der Waals surface area contributed by atoms with Crippen molar-refractivity contribution in [2.45, 2.75) is 31.7 Å². The van der Waals surface area contributed by atoms with Gasteiger partial charge in [0.25, 0.3) is 0 Å². The molecule has 0 aliphatic carbocycles. The van der Waals surface area contributed by atoms with Gasteiger partial charge in [0.15, 0.2) is 0 Å². The van der Waals surface area contributed by atoms with Gasteiger partial charge >= 0.3 is 24.3 Å². The van der Waals surface area contributed by atoms with Crippen LogP contribution in [-0.2, 0) is 4.79 Å². The number of carbonyl (C=O) groups excluding carboxylic acids is 1. The summed E-state index contributed by atoms with van der Waals surface area (Å²) in [5.41, 5.74) is 0. The maximum atomic E-state index is 12.5. The number of carboxylic acids is 1. The molecule has 0 radical (unpaired) electrons. The van der Waals surface area contributed by atoms with Gasteiger partial charge in [-0.05, 0) is 6.42 Å². The van der Waals surface area contributed by atoms with E-state index in [0.29, 0.717) is 4.90 Å². The summed E-state index contributed by atoms with van der Waals surface area (Å²) in [6.07, 6.45) is -3.84. The van der Waals surface area contributed by atoms with Gasteiger partial charge in [0.1, 0.15) is 6.04 Å². The van der Waals surface area contributed by atoms with Crippen LogP contribution in [0.5, 0.6) is 0 Å². The molecule has 0 heterocycles. The van der Waals surface area contributed by atoms with Crippen molar-refractivity contribution >= 4 is 12.0 Å². The molecule has 0 aliphatic heterocycles. The van der Waals surface area contributed by atoms with Crippen molar-refractivity contribution in [3.05, 3.63) is 0 Å². The Kier molecular flexibility index (Phi) is 5.86. The van der Waals surface area contributed by atoms with Crippen LogP contribution >= 0.6 is 0 Å². The molecule has 0 aliphatic rings. The molecule has 0 aromatic carbocycles. The zero-order chi connectivity index (χ0) is 14.5. The number of carboxylic acid groups (broad SMARTS) is 1. The highest BCUT2D eigenvalue weighted by atomic mass is 19.3. The maximum Gasteiger partial charge on any atom is 0.326 e. The molecule has 2 amide bonds. The second-order valence-electron chi connectivity index (χ2n) is 3.59. The summed E-state index contributed by atoms with van der Waals surface area (Å²) in [5.74, 6) is -5.66. The molecule has 0 aromatic heterocycles. The SMILES string of the molecule is CCC(C(=O)O)N(C)C(=O)NCC(F)(F)C(F)F. The third-order valence-electron chi connectivity index (χ3n) is 2.25. The first-order chi connectivity index (χ1) is 8.13. The summed E-state index contributed by atoms with van der Waals surface area (Å²) in [5, 5.41) is 10.3. The lowest BCUT2D eigenvalue weighted by atomic mass is 10.2. The van der Waals surface area contributed by atoms with Crippen molar-refractivity contribution in [1.29, 1.82) is 0 Å². The predicted octanol–water partition coefficient (Wildman–Crippen LogP) is 1.39. The Morgan fingerprint density at radius 1 is 1.39 bits per heavy atom. The summed E-state index contributed by atoms with van der Waals surface area (Å²) in [7, 11) is 1.08. The van der Waals surface area contributed by atoms with Gasteiger partial charge in [0, 0.05) is 7.05 Å². The Labute approximate surface area is 101 Å². The van der Waals surface area contributed by atoms with Crippen LogP contribution in [0.25, 0.3) is 0 Å². The number of halogens is 4. The first-order valence-electron chi connectivity index (χ1n) is 5.03. The van der Waals surface area contributed by atoms with Gasteiger partial charge in [-0.15, -0.1) is 0 Å². The van der Waals surface area contributed by atoms with E-state index in [0.717, 1.165) is 7.05 Å². The Morgan fingerprint density at radius 2 is 1.89 bits per heavy atom. The molecule has 0 rings (SSSR count). The largest absolute Gasteiger partial charge is 0.480 e. The molecule has 1 atom stereocenters. The number of alkyl halides is 4. The van der Waals surface area contributed by atoms with Crippen molar-refractivity contribution in [3.8, 4) is 0 Å². The first kappa shape index (κ1) is 16.5. The lowest BCUT2D eigenvalue weighted by Gasteiger charge is -2.25. The number of rotatable bonds is 6. The zero-order valence-electron chi connectivity index (χ0n) is 9.79. The van der Waals surface area contributed by atoms with E-state index in [9.17, 15) is 27.2 Å². The van der Waals surface area contributed by atoms with Crippen molar-refractivity contribution in [3.63, 3.8) is 0 Å². The monoisotopic (exact) mass is 274 g/mol. The van der Waals surface area contributed by atoms with Crippen LogP contribution < -0.4 is 5.32 Å². The molecule has 5 nitrogen and oxygen atoms in total. The summed E-state index contributed by atoms with van der Waals surface area (Å²) >= 11 is 0. The van der Waals surface area contributed by atoms with Gasteiger partial charge in [-0.25, -0.2) is 18.4 Å². The second-order valence-corrected chi connectivity index (χ2v) is 3.59. The summed E-state index contributed by atoms with van der Waals surface area (Å²) in [4.78, 5) is 22.7. The second kappa shape index (κ2) is 6.41.